The third kappa shape index (κ3) is 5.86. The summed E-state index contributed by atoms with van der Waals surface area (Å²) in [6.07, 6.45) is 3.54. The zero-order valence-corrected chi connectivity index (χ0v) is 16.7. The van der Waals surface area contributed by atoms with Gasteiger partial charge in [0.25, 0.3) is 0 Å². The number of methoxy groups -OCH3 is 1. The van der Waals surface area contributed by atoms with Crippen molar-refractivity contribution in [2.45, 2.75) is 23.5 Å². The number of thioether (sulfide) groups is 1. The SMILES string of the molecule is COC(=O)c1ccc(NCCCc2ccccc2SCc2ccccc2)nc1. The molecule has 0 spiro atoms. The van der Waals surface area contributed by atoms with Crippen LogP contribution in [-0.4, -0.2) is 24.6 Å². The largest absolute Gasteiger partial charge is 0.465 e. The summed E-state index contributed by atoms with van der Waals surface area (Å²) in [6, 6.07) is 22.7. The van der Waals surface area contributed by atoms with Crippen LogP contribution in [0.1, 0.15) is 27.9 Å². The lowest BCUT2D eigenvalue weighted by atomic mass is 10.1. The Hall–Kier alpha value is -2.79. The van der Waals surface area contributed by atoms with E-state index in [4.69, 9.17) is 0 Å². The van der Waals surface area contributed by atoms with Crippen LogP contribution in [0.25, 0.3) is 0 Å². The zero-order valence-electron chi connectivity index (χ0n) is 15.9. The van der Waals surface area contributed by atoms with Crippen LogP contribution in [0.2, 0.25) is 0 Å². The number of nitrogens with one attached hydrogen (secondary N) is 1. The minimum absolute atomic E-state index is 0.372. The molecule has 0 aliphatic carbocycles. The summed E-state index contributed by atoms with van der Waals surface area (Å²) in [4.78, 5) is 17.0. The Morgan fingerprint density at radius 2 is 1.82 bits per heavy atom. The molecule has 0 atom stereocenters. The van der Waals surface area contributed by atoms with Crippen molar-refractivity contribution >= 4 is 23.5 Å². The van der Waals surface area contributed by atoms with E-state index >= 15 is 0 Å². The van der Waals surface area contributed by atoms with Gasteiger partial charge in [-0.15, -0.1) is 11.8 Å². The second-order valence-electron chi connectivity index (χ2n) is 6.34. The molecule has 0 aliphatic rings. The highest BCUT2D eigenvalue weighted by molar-refractivity contribution is 7.98. The number of aromatic nitrogens is 1. The number of aryl methyl sites for hydroxylation is 1. The number of hydrogen-bond acceptors (Lipinski definition) is 5. The van der Waals surface area contributed by atoms with E-state index in [-0.39, 0.29) is 5.97 Å². The molecule has 0 bridgehead atoms. The highest BCUT2D eigenvalue weighted by Gasteiger charge is 2.06. The van der Waals surface area contributed by atoms with E-state index in [9.17, 15) is 4.79 Å². The summed E-state index contributed by atoms with van der Waals surface area (Å²) in [6.45, 7) is 0.822. The van der Waals surface area contributed by atoms with Gasteiger partial charge in [0.2, 0.25) is 0 Å². The van der Waals surface area contributed by atoms with Crippen molar-refractivity contribution in [2.24, 2.45) is 0 Å². The number of pyridine rings is 1. The molecule has 1 N–H and O–H groups in total. The normalized spacial score (nSPS) is 10.5. The van der Waals surface area contributed by atoms with Gasteiger partial charge in [-0.2, -0.15) is 0 Å². The highest BCUT2D eigenvalue weighted by Crippen LogP contribution is 2.27. The number of ether oxygens (including phenoxy) is 1. The summed E-state index contributed by atoms with van der Waals surface area (Å²) in [5, 5.41) is 3.31. The molecule has 5 heteroatoms. The topological polar surface area (TPSA) is 51.2 Å². The molecular weight excluding hydrogens is 368 g/mol. The van der Waals surface area contributed by atoms with Gasteiger partial charge in [0.05, 0.1) is 12.7 Å². The monoisotopic (exact) mass is 392 g/mol. The van der Waals surface area contributed by atoms with Crippen LogP contribution >= 0.6 is 11.8 Å². The molecule has 0 saturated carbocycles. The van der Waals surface area contributed by atoms with Crippen LogP contribution in [0.3, 0.4) is 0 Å². The number of hydrogen-bond donors (Lipinski definition) is 1. The molecule has 0 saturated heterocycles. The Labute approximate surface area is 170 Å². The Morgan fingerprint density at radius 1 is 1.04 bits per heavy atom. The van der Waals surface area contributed by atoms with Crippen LogP contribution in [0, 0.1) is 0 Å². The van der Waals surface area contributed by atoms with Crippen LogP contribution in [0.5, 0.6) is 0 Å². The fourth-order valence-electron chi connectivity index (χ4n) is 2.82. The Kier molecular flexibility index (Phi) is 7.50. The van der Waals surface area contributed by atoms with Crippen molar-refractivity contribution in [3.63, 3.8) is 0 Å². The van der Waals surface area contributed by atoms with Crippen molar-refractivity contribution in [1.82, 2.24) is 4.98 Å². The number of carbonyl (C=O) groups excluding carboxylic acids is 1. The van der Waals surface area contributed by atoms with Gasteiger partial charge in [-0.3, -0.25) is 0 Å². The number of nitrogens with zero attached hydrogens (tertiary/aromatic N) is 1. The maximum Gasteiger partial charge on any atom is 0.339 e. The van der Waals surface area contributed by atoms with E-state index in [2.05, 4.69) is 63.6 Å². The lowest BCUT2D eigenvalue weighted by Crippen LogP contribution is -2.06. The molecule has 1 heterocycles. The molecule has 0 aliphatic heterocycles. The van der Waals surface area contributed by atoms with Gasteiger partial charge in [0.15, 0.2) is 0 Å². The van der Waals surface area contributed by atoms with Crippen LogP contribution in [0.4, 0.5) is 5.82 Å². The van der Waals surface area contributed by atoms with E-state index in [1.807, 2.05) is 17.8 Å². The van der Waals surface area contributed by atoms with E-state index in [1.54, 1.807) is 12.1 Å². The molecule has 3 aromatic rings. The Bertz CT molecular complexity index is 883. The van der Waals surface area contributed by atoms with E-state index < -0.39 is 0 Å². The predicted molar refractivity (Wildman–Crippen MR) is 115 cm³/mol. The Morgan fingerprint density at radius 3 is 2.57 bits per heavy atom. The van der Waals surface area contributed by atoms with Gasteiger partial charge < -0.3 is 10.1 Å². The minimum atomic E-state index is -0.372. The molecule has 1 aromatic heterocycles. The molecule has 4 nitrogen and oxygen atoms in total. The summed E-state index contributed by atoms with van der Waals surface area (Å²) in [5.41, 5.74) is 3.17. The predicted octanol–water partition coefficient (Wildman–Crippen LogP) is 5.21. The van der Waals surface area contributed by atoms with Crippen molar-refractivity contribution in [2.75, 3.05) is 19.0 Å². The number of rotatable bonds is 9. The van der Waals surface area contributed by atoms with Gasteiger partial charge in [0, 0.05) is 23.4 Å². The van der Waals surface area contributed by atoms with Gasteiger partial charge in [-0.05, 0) is 42.2 Å². The fourth-order valence-corrected chi connectivity index (χ4v) is 3.86. The molecule has 28 heavy (non-hydrogen) atoms. The maximum atomic E-state index is 11.4. The standard InChI is InChI=1S/C23H24N2O2S/c1-27-23(26)20-13-14-22(25-16-20)24-15-7-11-19-10-5-6-12-21(19)28-17-18-8-3-2-4-9-18/h2-6,8-10,12-14,16H,7,11,15,17H2,1H3,(H,24,25). The number of anilines is 1. The lowest BCUT2D eigenvalue weighted by molar-refractivity contribution is 0.0600. The first kappa shape index (κ1) is 20.0. The molecule has 0 amide bonds. The molecule has 0 radical (unpaired) electrons. The zero-order chi connectivity index (χ0) is 19.6. The molecular formula is C23H24N2O2S. The average Bonchev–Trinajstić information content (AvgIpc) is 2.76. The number of benzene rings is 2. The average molecular weight is 393 g/mol. The fraction of sp³-hybridized carbons (Fsp3) is 0.217. The van der Waals surface area contributed by atoms with Crippen molar-refractivity contribution in [3.05, 3.63) is 89.6 Å². The highest BCUT2D eigenvalue weighted by atomic mass is 32.2. The first-order valence-electron chi connectivity index (χ1n) is 9.29. The first-order valence-corrected chi connectivity index (χ1v) is 10.3. The number of esters is 1. The maximum absolute atomic E-state index is 11.4. The van der Waals surface area contributed by atoms with Crippen LogP contribution in [-0.2, 0) is 16.9 Å². The molecule has 144 valence electrons. The summed E-state index contributed by atoms with van der Waals surface area (Å²) in [7, 11) is 1.37. The van der Waals surface area contributed by atoms with Crippen LogP contribution in [0.15, 0.2) is 77.8 Å². The third-order valence-electron chi connectivity index (χ3n) is 4.32. The third-order valence-corrected chi connectivity index (χ3v) is 5.51. The van der Waals surface area contributed by atoms with Crippen LogP contribution < -0.4 is 5.32 Å². The van der Waals surface area contributed by atoms with E-state index in [1.165, 1.54) is 29.3 Å². The van der Waals surface area contributed by atoms with Gasteiger partial charge in [-0.1, -0.05) is 48.5 Å². The van der Waals surface area contributed by atoms with Gasteiger partial charge >= 0.3 is 5.97 Å². The number of carbonyl (C=O) groups is 1. The van der Waals surface area contributed by atoms with Crippen molar-refractivity contribution in [3.8, 4) is 0 Å². The van der Waals surface area contributed by atoms with Gasteiger partial charge in [-0.25, -0.2) is 9.78 Å². The van der Waals surface area contributed by atoms with Gasteiger partial charge in [0.1, 0.15) is 5.82 Å². The first-order chi connectivity index (χ1) is 13.8. The smallest absolute Gasteiger partial charge is 0.339 e. The molecule has 0 fully saturated rings. The summed E-state index contributed by atoms with van der Waals surface area (Å²) in [5.74, 6) is 1.37. The summed E-state index contributed by atoms with van der Waals surface area (Å²) < 4.78 is 4.68. The quantitative estimate of drug-likeness (QED) is 0.308. The van der Waals surface area contributed by atoms with Crippen molar-refractivity contribution < 1.29 is 9.53 Å². The Balaban J connectivity index is 1.47. The lowest BCUT2D eigenvalue weighted by Gasteiger charge is -2.10. The summed E-state index contributed by atoms with van der Waals surface area (Å²) >= 11 is 1.88. The van der Waals surface area contributed by atoms with Crippen molar-refractivity contribution in [1.29, 1.82) is 0 Å². The van der Waals surface area contributed by atoms with E-state index in [0.29, 0.717) is 5.56 Å². The minimum Gasteiger partial charge on any atom is -0.465 e. The molecule has 3 rings (SSSR count). The second kappa shape index (κ2) is 10.5. The molecule has 0 unspecified atom stereocenters. The second-order valence-corrected chi connectivity index (χ2v) is 7.35. The van der Waals surface area contributed by atoms with E-state index in [0.717, 1.165) is 31.0 Å². The molecule has 2 aromatic carbocycles.